The van der Waals surface area contributed by atoms with E-state index in [9.17, 15) is 5.11 Å². The predicted molar refractivity (Wildman–Crippen MR) is 88.3 cm³/mol. The summed E-state index contributed by atoms with van der Waals surface area (Å²) in [5.74, 6) is 0. The quantitative estimate of drug-likeness (QED) is 0.807. The summed E-state index contributed by atoms with van der Waals surface area (Å²) in [6, 6.07) is 11.8. The van der Waals surface area contributed by atoms with Crippen molar-refractivity contribution in [3.05, 3.63) is 68.1 Å². The normalized spacial score (nSPS) is 14.1. The van der Waals surface area contributed by atoms with Gasteiger partial charge in [0.1, 0.15) is 0 Å². The molecule has 0 aromatic heterocycles. The Balaban J connectivity index is 2.32. The van der Waals surface area contributed by atoms with Crippen molar-refractivity contribution >= 4 is 27.5 Å². The second-order valence-corrected chi connectivity index (χ2v) is 6.82. The first-order valence-corrected chi connectivity index (χ1v) is 7.71. The van der Waals surface area contributed by atoms with Crippen molar-refractivity contribution in [2.45, 2.75) is 32.8 Å². The first kappa shape index (κ1) is 15.6. The summed E-state index contributed by atoms with van der Waals surface area (Å²) in [6.07, 6.45) is 0.537. The average molecular weight is 354 g/mol. The van der Waals surface area contributed by atoms with Gasteiger partial charge in [0.05, 0.1) is 5.60 Å². The van der Waals surface area contributed by atoms with Crippen molar-refractivity contribution in [1.82, 2.24) is 0 Å². The third-order valence-corrected chi connectivity index (χ3v) is 4.44. The zero-order valence-corrected chi connectivity index (χ0v) is 14.2. The van der Waals surface area contributed by atoms with E-state index in [0.29, 0.717) is 11.4 Å². The lowest BCUT2D eigenvalue weighted by Crippen LogP contribution is -2.24. The minimum Gasteiger partial charge on any atom is -0.385 e. The molecule has 0 radical (unpaired) electrons. The van der Waals surface area contributed by atoms with Crippen molar-refractivity contribution < 1.29 is 5.11 Å². The molecule has 0 bridgehead atoms. The van der Waals surface area contributed by atoms with Gasteiger partial charge < -0.3 is 5.11 Å². The highest BCUT2D eigenvalue weighted by Crippen LogP contribution is 2.33. The molecule has 2 aromatic carbocycles. The summed E-state index contributed by atoms with van der Waals surface area (Å²) in [7, 11) is 0. The van der Waals surface area contributed by atoms with Crippen molar-refractivity contribution in [2.24, 2.45) is 0 Å². The molecule has 2 rings (SSSR count). The predicted octanol–water partition coefficient (Wildman–Crippen LogP) is 5.17. The zero-order chi connectivity index (χ0) is 14.9. The summed E-state index contributed by atoms with van der Waals surface area (Å²) in [5, 5.41) is 11.3. The highest BCUT2D eigenvalue weighted by Gasteiger charge is 2.26. The van der Waals surface area contributed by atoms with Crippen LogP contribution < -0.4 is 0 Å². The molecule has 1 nitrogen and oxygen atoms in total. The van der Waals surface area contributed by atoms with Crippen LogP contribution in [0.1, 0.15) is 29.2 Å². The average Bonchev–Trinajstić information content (AvgIpc) is 2.33. The van der Waals surface area contributed by atoms with Gasteiger partial charge in [0, 0.05) is 21.5 Å². The molecule has 0 amide bonds. The van der Waals surface area contributed by atoms with E-state index in [0.717, 1.165) is 15.6 Å². The minimum absolute atomic E-state index is 0.537. The van der Waals surface area contributed by atoms with Gasteiger partial charge in [-0.25, -0.2) is 0 Å². The molecule has 0 heterocycles. The fourth-order valence-electron chi connectivity index (χ4n) is 2.33. The Morgan fingerprint density at radius 2 is 1.80 bits per heavy atom. The van der Waals surface area contributed by atoms with Gasteiger partial charge in [0.15, 0.2) is 0 Å². The maximum absolute atomic E-state index is 10.8. The zero-order valence-electron chi connectivity index (χ0n) is 11.9. The maximum Gasteiger partial charge on any atom is 0.0923 e. The molecule has 0 aliphatic carbocycles. The van der Waals surface area contributed by atoms with Gasteiger partial charge in [-0.2, -0.15) is 0 Å². The van der Waals surface area contributed by atoms with Crippen LogP contribution in [0.5, 0.6) is 0 Å². The fourth-order valence-corrected chi connectivity index (χ4v) is 3.21. The van der Waals surface area contributed by atoms with Crippen molar-refractivity contribution in [1.29, 1.82) is 0 Å². The highest BCUT2D eigenvalue weighted by atomic mass is 79.9. The van der Waals surface area contributed by atoms with Crippen LogP contribution in [0.25, 0.3) is 0 Å². The molecular formula is C17H18BrClO. The van der Waals surface area contributed by atoms with Gasteiger partial charge in [-0.3, -0.25) is 0 Å². The van der Waals surface area contributed by atoms with E-state index in [1.165, 1.54) is 11.1 Å². The standard InChI is InChI=1S/C17H18BrClO/c1-11-4-5-13(8-12(11)2)10-17(3,20)15-7-6-14(18)9-16(15)19/h4-9,20H,10H2,1-3H3. The molecule has 0 fully saturated rings. The smallest absolute Gasteiger partial charge is 0.0923 e. The fraction of sp³-hybridized carbons (Fsp3) is 0.294. The van der Waals surface area contributed by atoms with Crippen LogP contribution in [0.15, 0.2) is 40.9 Å². The molecule has 0 saturated carbocycles. The third-order valence-electron chi connectivity index (χ3n) is 3.63. The van der Waals surface area contributed by atoms with Crippen LogP contribution in [-0.4, -0.2) is 5.11 Å². The first-order valence-electron chi connectivity index (χ1n) is 6.53. The summed E-state index contributed by atoms with van der Waals surface area (Å²) in [6.45, 7) is 5.97. The summed E-state index contributed by atoms with van der Waals surface area (Å²) in [5.41, 5.74) is 3.37. The molecule has 106 valence electrons. The third kappa shape index (κ3) is 3.43. The Hall–Kier alpha value is -0.830. The number of benzene rings is 2. The van der Waals surface area contributed by atoms with Crippen molar-refractivity contribution in [3.8, 4) is 0 Å². The van der Waals surface area contributed by atoms with E-state index in [2.05, 4.69) is 48.0 Å². The SMILES string of the molecule is Cc1ccc(CC(C)(O)c2ccc(Br)cc2Cl)cc1C. The highest BCUT2D eigenvalue weighted by molar-refractivity contribution is 9.10. The van der Waals surface area contributed by atoms with Crippen LogP contribution >= 0.6 is 27.5 Å². The van der Waals surface area contributed by atoms with E-state index >= 15 is 0 Å². The van der Waals surface area contributed by atoms with Gasteiger partial charge in [0.2, 0.25) is 0 Å². The Kier molecular flexibility index (Phi) is 4.58. The number of aliphatic hydroxyl groups is 1. The molecule has 20 heavy (non-hydrogen) atoms. The van der Waals surface area contributed by atoms with E-state index in [4.69, 9.17) is 11.6 Å². The molecule has 3 heteroatoms. The first-order chi connectivity index (χ1) is 9.29. The lowest BCUT2D eigenvalue weighted by atomic mass is 9.88. The van der Waals surface area contributed by atoms with Crippen LogP contribution in [-0.2, 0) is 12.0 Å². The molecule has 1 N–H and O–H groups in total. The Morgan fingerprint density at radius 3 is 2.40 bits per heavy atom. The molecule has 2 aromatic rings. The van der Waals surface area contributed by atoms with Crippen LogP contribution in [0.3, 0.4) is 0 Å². The largest absolute Gasteiger partial charge is 0.385 e. The number of rotatable bonds is 3. The number of hydrogen-bond donors (Lipinski definition) is 1. The molecule has 0 saturated heterocycles. The second kappa shape index (κ2) is 5.88. The van der Waals surface area contributed by atoms with Crippen LogP contribution in [0, 0.1) is 13.8 Å². The van der Waals surface area contributed by atoms with E-state index in [-0.39, 0.29) is 0 Å². The lowest BCUT2D eigenvalue weighted by molar-refractivity contribution is 0.0577. The van der Waals surface area contributed by atoms with Gasteiger partial charge >= 0.3 is 0 Å². The van der Waals surface area contributed by atoms with Crippen LogP contribution in [0.4, 0.5) is 0 Å². The van der Waals surface area contributed by atoms with E-state index in [1.807, 2.05) is 18.2 Å². The summed E-state index contributed by atoms with van der Waals surface area (Å²) in [4.78, 5) is 0. The summed E-state index contributed by atoms with van der Waals surface area (Å²) < 4.78 is 0.910. The topological polar surface area (TPSA) is 20.2 Å². The van der Waals surface area contributed by atoms with Crippen molar-refractivity contribution in [3.63, 3.8) is 0 Å². The van der Waals surface area contributed by atoms with Crippen molar-refractivity contribution in [2.75, 3.05) is 0 Å². The minimum atomic E-state index is -0.987. The van der Waals surface area contributed by atoms with Crippen LogP contribution in [0.2, 0.25) is 5.02 Å². The van der Waals surface area contributed by atoms with Gasteiger partial charge in [0.25, 0.3) is 0 Å². The van der Waals surface area contributed by atoms with Gasteiger partial charge in [-0.05, 0) is 49.6 Å². The Bertz CT molecular complexity index is 635. The molecular weight excluding hydrogens is 336 g/mol. The van der Waals surface area contributed by atoms with Gasteiger partial charge in [-0.1, -0.05) is 51.8 Å². The molecule has 1 unspecified atom stereocenters. The number of halogens is 2. The van der Waals surface area contributed by atoms with Gasteiger partial charge in [-0.15, -0.1) is 0 Å². The lowest BCUT2D eigenvalue weighted by Gasteiger charge is -2.25. The Labute approximate surface area is 133 Å². The monoisotopic (exact) mass is 352 g/mol. The number of aryl methyl sites for hydroxylation is 2. The maximum atomic E-state index is 10.8. The molecule has 0 aliphatic rings. The molecule has 1 atom stereocenters. The van der Waals surface area contributed by atoms with E-state index in [1.54, 1.807) is 6.92 Å². The Morgan fingerprint density at radius 1 is 1.10 bits per heavy atom. The molecule has 0 aliphatic heterocycles. The second-order valence-electron chi connectivity index (χ2n) is 5.49. The molecule has 0 spiro atoms. The number of hydrogen-bond acceptors (Lipinski definition) is 1. The van der Waals surface area contributed by atoms with E-state index < -0.39 is 5.60 Å². The summed E-state index contributed by atoms with van der Waals surface area (Å²) >= 11 is 9.63.